The van der Waals surface area contributed by atoms with Gasteiger partial charge in [0.15, 0.2) is 0 Å². The molecule has 2 nitrogen and oxygen atoms in total. The minimum atomic E-state index is -0.168. The molecular formula is C57H39NO. The van der Waals surface area contributed by atoms with Gasteiger partial charge in [-0.3, -0.25) is 0 Å². The first kappa shape index (κ1) is 33.7. The molecule has 0 aliphatic heterocycles. The van der Waals surface area contributed by atoms with E-state index in [-0.39, 0.29) is 5.41 Å². The van der Waals surface area contributed by atoms with Gasteiger partial charge in [0.2, 0.25) is 0 Å². The zero-order valence-electron chi connectivity index (χ0n) is 32.9. The Hall–Kier alpha value is -7.42. The fourth-order valence-corrected chi connectivity index (χ4v) is 10.1. The van der Waals surface area contributed by atoms with Gasteiger partial charge in [0.1, 0.15) is 11.2 Å². The standard InChI is InChI=1S/C57H39NO/c1-57(2)51-26-11-9-22-45(51)46-31-29-38(34-52(46)57)58(39-30-32-48-47-23-10-12-28-54(47)59-55(48)35-39)53-27-14-25-49(43-24-13-17-36-15-3-5-18-40(36)43)56(53)50-33-37-16-4-6-19-41(37)42-20-7-8-21-44(42)50/h3-35H,1-2H3. The maximum Gasteiger partial charge on any atom is 0.137 e. The first-order chi connectivity index (χ1) is 29.0. The molecule has 59 heavy (non-hydrogen) atoms. The van der Waals surface area contributed by atoms with Gasteiger partial charge in [-0.05, 0) is 114 Å². The van der Waals surface area contributed by atoms with E-state index >= 15 is 0 Å². The highest BCUT2D eigenvalue weighted by Crippen LogP contribution is 2.53. The third kappa shape index (κ3) is 5.06. The van der Waals surface area contributed by atoms with Gasteiger partial charge in [0.25, 0.3) is 0 Å². The second-order valence-electron chi connectivity index (χ2n) is 16.4. The number of furan rings is 1. The largest absolute Gasteiger partial charge is 0.456 e. The minimum Gasteiger partial charge on any atom is -0.456 e. The van der Waals surface area contributed by atoms with Crippen molar-refractivity contribution >= 4 is 71.3 Å². The van der Waals surface area contributed by atoms with Crippen LogP contribution in [0.15, 0.2) is 205 Å². The van der Waals surface area contributed by atoms with E-state index in [1.807, 2.05) is 6.07 Å². The van der Waals surface area contributed by atoms with Crippen LogP contribution in [0, 0.1) is 0 Å². The van der Waals surface area contributed by atoms with Crippen molar-refractivity contribution < 1.29 is 4.42 Å². The first-order valence-electron chi connectivity index (χ1n) is 20.5. The lowest BCUT2D eigenvalue weighted by Gasteiger charge is -2.31. The molecule has 0 radical (unpaired) electrons. The van der Waals surface area contributed by atoms with Gasteiger partial charge in [-0.15, -0.1) is 0 Å². The van der Waals surface area contributed by atoms with E-state index in [4.69, 9.17) is 4.42 Å². The SMILES string of the molecule is CC1(C)c2ccccc2-c2ccc(N(c3ccc4c(c3)oc3ccccc34)c3cccc(-c4cccc5ccccc45)c3-c3cc4ccccc4c4ccccc34)cc21. The molecule has 0 bridgehead atoms. The van der Waals surface area contributed by atoms with Crippen LogP contribution in [0.5, 0.6) is 0 Å². The number of benzene rings is 10. The Morgan fingerprint density at radius 3 is 1.83 bits per heavy atom. The number of hydrogen-bond donors (Lipinski definition) is 0. The molecule has 1 aromatic heterocycles. The second kappa shape index (κ2) is 12.8. The van der Waals surface area contributed by atoms with Crippen LogP contribution < -0.4 is 4.90 Å². The van der Waals surface area contributed by atoms with Crippen molar-refractivity contribution in [1.29, 1.82) is 0 Å². The van der Waals surface area contributed by atoms with Crippen LogP contribution >= 0.6 is 0 Å². The summed E-state index contributed by atoms with van der Waals surface area (Å²) in [7, 11) is 0. The van der Waals surface area contributed by atoms with Crippen LogP contribution in [-0.4, -0.2) is 0 Å². The predicted molar refractivity (Wildman–Crippen MR) is 249 cm³/mol. The molecule has 0 amide bonds. The summed E-state index contributed by atoms with van der Waals surface area (Å²) in [5.74, 6) is 0. The Balaban J connectivity index is 1.21. The number of fused-ring (bicyclic) bond motifs is 10. The van der Waals surface area contributed by atoms with Gasteiger partial charge in [-0.25, -0.2) is 0 Å². The van der Waals surface area contributed by atoms with Crippen molar-refractivity contribution in [2.75, 3.05) is 4.90 Å². The van der Waals surface area contributed by atoms with E-state index in [2.05, 4.69) is 213 Å². The van der Waals surface area contributed by atoms with E-state index in [1.165, 1.54) is 76.8 Å². The molecule has 10 aromatic carbocycles. The summed E-state index contributed by atoms with van der Waals surface area (Å²) >= 11 is 0. The van der Waals surface area contributed by atoms with Crippen molar-refractivity contribution in [1.82, 2.24) is 0 Å². The summed E-state index contributed by atoms with van der Waals surface area (Å²) in [4.78, 5) is 2.47. The molecule has 0 fully saturated rings. The molecule has 278 valence electrons. The molecule has 0 unspecified atom stereocenters. The summed E-state index contributed by atoms with van der Waals surface area (Å²) in [5.41, 5.74) is 14.9. The number of rotatable bonds is 5. The van der Waals surface area contributed by atoms with Gasteiger partial charge >= 0.3 is 0 Å². The lowest BCUT2D eigenvalue weighted by molar-refractivity contribution is 0.660. The fourth-order valence-electron chi connectivity index (χ4n) is 10.1. The Bertz CT molecular complexity index is 3490. The van der Waals surface area contributed by atoms with Crippen molar-refractivity contribution in [3.05, 3.63) is 211 Å². The summed E-state index contributed by atoms with van der Waals surface area (Å²) in [5, 5.41) is 9.61. The summed E-state index contributed by atoms with van der Waals surface area (Å²) < 4.78 is 6.60. The van der Waals surface area contributed by atoms with Crippen molar-refractivity contribution in [3.63, 3.8) is 0 Å². The zero-order chi connectivity index (χ0) is 39.2. The average Bonchev–Trinajstić information content (AvgIpc) is 3.77. The van der Waals surface area contributed by atoms with Crippen LogP contribution in [0.4, 0.5) is 17.1 Å². The van der Waals surface area contributed by atoms with Crippen LogP contribution in [0.1, 0.15) is 25.0 Å². The van der Waals surface area contributed by atoms with E-state index in [1.54, 1.807) is 0 Å². The van der Waals surface area contributed by atoms with Crippen molar-refractivity contribution in [3.8, 4) is 33.4 Å². The van der Waals surface area contributed by atoms with Crippen molar-refractivity contribution in [2.45, 2.75) is 19.3 Å². The Labute approximate surface area is 343 Å². The molecule has 2 heteroatoms. The molecule has 0 N–H and O–H groups in total. The van der Waals surface area contributed by atoms with Gasteiger partial charge in [-0.1, -0.05) is 166 Å². The molecular weight excluding hydrogens is 715 g/mol. The minimum absolute atomic E-state index is 0.168. The highest BCUT2D eigenvalue weighted by atomic mass is 16.3. The number of para-hydroxylation sites is 1. The number of nitrogens with zero attached hydrogens (tertiary/aromatic N) is 1. The quantitative estimate of drug-likeness (QED) is 0.163. The summed E-state index contributed by atoms with van der Waals surface area (Å²) in [6.07, 6.45) is 0. The molecule has 0 saturated carbocycles. The molecule has 0 atom stereocenters. The molecule has 1 aliphatic rings. The highest BCUT2D eigenvalue weighted by Gasteiger charge is 2.36. The molecule has 1 aliphatic carbocycles. The molecule has 0 spiro atoms. The van der Waals surface area contributed by atoms with E-state index in [0.29, 0.717) is 0 Å². The average molecular weight is 754 g/mol. The Morgan fingerprint density at radius 1 is 0.356 bits per heavy atom. The predicted octanol–water partition coefficient (Wildman–Crippen LogP) is 16.2. The summed E-state index contributed by atoms with van der Waals surface area (Å²) in [6.45, 7) is 4.72. The van der Waals surface area contributed by atoms with E-state index < -0.39 is 0 Å². The van der Waals surface area contributed by atoms with E-state index in [0.717, 1.165) is 39.0 Å². The number of hydrogen-bond acceptors (Lipinski definition) is 2. The highest BCUT2D eigenvalue weighted by molar-refractivity contribution is 6.18. The second-order valence-corrected chi connectivity index (χ2v) is 16.4. The zero-order valence-corrected chi connectivity index (χ0v) is 32.9. The van der Waals surface area contributed by atoms with Gasteiger partial charge < -0.3 is 9.32 Å². The van der Waals surface area contributed by atoms with Crippen LogP contribution in [0.25, 0.3) is 87.6 Å². The molecule has 12 rings (SSSR count). The Morgan fingerprint density at radius 2 is 0.949 bits per heavy atom. The van der Waals surface area contributed by atoms with Crippen molar-refractivity contribution in [2.24, 2.45) is 0 Å². The number of anilines is 3. The van der Waals surface area contributed by atoms with E-state index in [9.17, 15) is 0 Å². The van der Waals surface area contributed by atoms with Crippen LogP contribution in [-0.2, 0) is 5.41 Å². The van der Waals surface area contributed by atoms with Gasteiger partial charge in [0.05, 0.1) is 5.69 Å². The summed E-state index contributed by atoms with van der Waals surface area (Å²) in [6, 6.07) is 73.5. The molecule has 11 aromatic rings. The topological polar surface area (TPSA) is 16.4 Å². The maximum absolute atomic E-state index is 6.60. The fraction of sp³-hybridized carbons (Fsp3) is 0.0526. The monoisotopic (exact) mass is 753 g/mol. The lowest BCUT2D eigenvalue weighted by Crippen LogP contribution is -2.17. The normalized spacial score (nSPS) is 13.1. The molecule has 1 heterocycles. The smallest absolute Gasteiger partial charge is 0.137 e. The third-order valence-electron chi connectivity index (χ3n) is 12.8. The van der Waals surface area contributed by atoms with Crippen LogP contribution in [0.2, 0.25) is 0 Å². The maximum atomic E-state index is 6.60. The molecule has 0 saturated heterocycles. The van der Waals surface area contributed by atoms with Gasteiger partial charge in [0, 0.05) is 39.2 Å². The Kier molecular flexibility index (Phi) is 7.31. The lowest BCUT2D eigenvalue weighted by atomic mass is 9.82. The van der Waals surface area contributed by atoms with Gasteiger partial charge in [-0.2, -0.15) is 0 Å². The van der Waals surface area contributed by atoms with Crippen LogP contribution in [0.3, 0.4) is 0 Å². The first-order valence-corrected chi connectivity index (χ1v) is 20.5. The third-order valence-corrected chi connectivity index (χ3v) is 12.8.